The van der Waals surface area contributed by atoms with Crippen LogP contribution in [0.3, 0.4) is 0 Å². The van der Waals surface area contributed by atoms with E-state index in [-0.39, 0.29) is 17.4 Å². The van der Waals surface area contributed by atoms with Gasteiger partial charge in [0, 0.05) is 29.3 Å². The summed E-state index contributed by atoms with van der Waals surface area (Å²) >= 11 is 0. The van der Waals surface area contributed by atoms with Gasteiger partial charge in [-0.05, 0) is 26.1 Å². The topological polar surface area (TPSA) is 95.9 Å². The van der Waals surface area contributed by atoms with Gasteiger partial charge in [-0.25, -0.2) is 4.79 Å². The first-order chi connectivity index (χ1) is 10.8. The predicted molar refractivity (Wildman–Crippen MR) is 79.8 cm³/mol. The molecule has 1 saturated heterocycles. The molecule has 23 heavy (non-hydrogen) atoms. The van der Waals surface area contributed by atoms with Crippen molar-refractivity contribution in [2.75, 3.05) is 13.7 Å². The van der Waals surface area contributed by atoms with Crippen LogP contribution in [0.5, 0.6) is 0 Å². The summed E-state index contributed by atoms with van der Waals surface area (Å²) in [6.07, 6.45) is 2.25. The smallest absolute Gasteiger partial charge is 0.409 e. The van der Waals surface area contributed by atoms with E-state index in [9.17, 15) is 19.4 Å². The highest BCUT2D eigenvalue weighted by molar-refractivity contribution is 6.46. The molecule has 0 aromatic heterocycles. The molecule has 2 fully saturated rings. The fraction of sp³-hybridized carbons (Fsp3) is 0.533. The summed E-state index contributed by atoms with van der Waals surface area (Å²) in [7, 11) is 0.492. The van der Waals surface area contributed by atoms with Crippen molar-refractivity contribution in [3.8, 4) is 0 Å². The summed E-state index contributed by atoms with van der Waals surface area (Å²) < 4.78 is 4.74. The summed E-state index contributed by atoms with van der Waals surface area (Å²) in [5.41, 5.74) is -0.789. The number of nitrogens with one attached hydrogen (secondary N) is 1. The summed E-state index contributed by atoms with van der Waals surface area (Å²) in [6.45, 7) is 3.69. The van der Waals surface area contributed by atoms with Crippen molar-refractivity contribution in [3.63, 3.8) is 0 Å². The number of methoxy groups -OCH3 is 1. The van der Waals surface area contributed by atoms with Crippen molar-refractivity contribution >= 4 is 24.6 Å². The lowest BCUT2D eigenvalue weighted by molar-refractivity contribution is -0.150. The first-order valence-electron chi connectivity index (χ1n) is 7.64. The van der Waals surface area contributed by atoms with E-state index in [1.807, 2.05) is 0 Å². The van der Waals surface area contributed by atoms with Gasteiger partial charge in [0.2, 0.25) is 5.78 Å². The van der Waals surface area contributed by atoms with Crippen molar-refractivity contribution < 1.29 is 24.1 Å². The number of ketones is 2. The number of rotatable bonds is 2. The molecule has 1 saturated carbocycles. The van der Waals surface area contributed by atoms with Gasteiger partial charge < -0.3 is 19.9 Å². The summed E-state index contributed by atoms with van der Waals surface area (Å²) in [5.74, 6) is -1.24. The van der Waals surface area contributed by atoms with Gasteiger partial charge in [0.1, 0.15) is 0 Å². The minimum Gasteiger partial charge on any atom is -0.467 e. The van der Waals surface area contributed by atoms with Crippen molar-refractivity contribution in [2.45, 2.75) is 25.7 Å². The van der Waals surface area contributed by atoms with E-state index in [0.717, 1.165) is 6.42 Å². The maximum absolute atomic E-state index is 13.0. The molecule has 0 bridgehead atoms. The normalized spacial score (nSPS) is 37.0. The molecule has 0 aromatic rings. The lowest BCUT2D eigenvalue weighted by Gasteiger charge is -2.30. The van der Waals surface area contributed by atoms with E-state index >= 15 is 0 Å². The molecule has 4 aliphatic rings. The highest BCUT2D eigenvalue weighted by Gasteiger charge is 2.72. The third kappa shape index (κ3) is 1.47. The number of hydrogen-bond acceptors (Lipinski definition) is 7. The summed E-state index contributed by atoms with van der Waals surface area (Å²) in [4.78, 5) is 39.3. The Labute approximate surface area is 133 Å². The number of carbonyl (C=O) groups excluding carboxylic acids is 3. The fourth-order valence-corrected chi connectivity index (χ4v) is 4.34. The van der Waals surface area contributed by atoms with Crippen LogP contribution in [0.4, 0.5) is 0 Å². The number of ether oxygens (including phenoxy) is 1. The Hall–Kier alpha value is -2.09. The van der Waals surface area contributed by atoms with Crippen molar-refractivity contribution in [3.05, 3.63) is 23.0 Å². The molecule has 2 aliphatic heterocycles. The Morgan fingerprint density at radius 2 is 2.22 bits per heavy atom. The van der Waals surface area contributed by atoms with Gasteiger partial charge in [-0.2, -0.15) is 0 Å². The second kappa shape index (κ2) is 4.06. The Bertz CT molecular complexity index is 742. The number of nitrogens with zero attached hydrogens (tertiary/aromatic N) is 1. The SMILES string of the molecule is COC(=O)[C@]1(C)NC2=C(C1=O)C13C[C@@H]1CN(B(C)O)C3=CC2=O. The monoisotopic (exact) mass is 316 g/mol. The molecular formula is C15H17BN2O5. The first-order valence-corrected chi connectivity index (χ1v) is 7.64. The number of hydrogen-bond donors (Lipinski definition) is 2. The zero-order valence-corrected chi connectivity index (χ0v) is 13.2. The second-order valence-electron chi connectivity index (χ2n) is 6.87. The van der Waals surface area contributed by atoms with Crippen LogP contribution in [0.25, 0.3) is 0 Å². The van der Waals surface area contributed by atoms with E-state index < -0.39 is 29.8 Å². The fourth-order valence-electron chi connectivity index (χ4n) is 4.34. The lowest BCUT2D eigenvalue weighted by Crippen LogP contribution is -2.52. The maximum atomic E-state index is 13.0. The first kappa shape index (κ1) is 14.5. The minimum atomic E-state index is -1.56. The molecule has 0 amide bonds. The van der Waals surface area contributed by atoms with E-state index in [1.165, 1.54) is 20.1 Å². The largest absolute Gasteiger partial charge is 0.467 e. The average molecular weight is 316 g/mol. The minimum absolute atomic E-state index is 0.187. The molecular weight excluding hydrogens is 299 g/mol. The van der Waals surface area contributed by atoms with Crippen molar-refractivity contribution in [1.29, 1.82) is 0 Å². The van der Waals surface area contributed by atoms with Crippen LogP contribution in [0, 0.1) is 11.3 Å². The number of piperidine rings is 1. The summed E-state index contributed by atoms with van der Waals surface area (Å²) in [5, 5.41) is 12.7. The Balaban J connectivity index is 1.81. The van der Waals surface area contributed by atoms with E-state index in [1.54, 1.807) is 11.6 Å². The Morgan fingerprint density at radius 3 is 2.83 bits per heavy atom. The molecule has 1 spiro atoms. The van der Waals surface area contributed by atoms with Crippen LogP contribution in [0.15, 0.2) is 23.0 Å². The number of carbonyl (C=O) groups is 3. The zero-order valence-electron chi connectivity index (χ0n) is 13.2. The second-order valence-corrected chi connectivity index (χ2v) is 6.87. The molecule has 7 nitrogen and oxygen atoms in total. The average Bonchev–Trinajstić information content (AvgIpc) is 3.01. The van der Waals surface area contributed by atoms with Crippen LogP contribution in [-0.4, -0.2) is 53.6 Å². The van der Waals surface area contributed by atoms with Gasteiger partial charge in [0.05, 0.1) is 12.8 Å². The molecule has 3 atom stereocenters. The number of allylic oxidation sites excluding steroid dienone is 2. The van der Waals surface area contributed by atoms with Crippen molar-refractivity contribution in [1.82, 2.24) is 10.1 Å². The number of esters is 1. The molecule has 1 unspecified atom stereocenters. The van der Waals surface area contributed by atoms with E-state index in [0.29, 0.717) is 17.8 Å². The van der Waals surface area contributed by atoms with Gasteiger partial charge >= 0.3 is 13.0 Å². The van der Waals surface area contributed by atoms with Crippen molar-refractivity contribution in [2.24, 2.45) is 11.3 Å². The summed E-state index contributed by atoms with van der Waals surface area (Å²) in [6, 6.07) is 0. The van der Waals surface area contributed by atoms with Gasteiger partial charge in [-0.3, -0.25) is 9.59 Å². The predicted octanol–water partition coefficient (Wildman–Crippen LogP) is -0.757. The van der Waals surface area contributed by atoms with Gasteiger partial charge in [-0.15, -0.1) is 0 Å². The molecule has 0 radical (unpaired) electrons. The Morgan fingerprint density at radius 1 is 1.52 bits per heavy atom. The highest BCUT2D eigenvalue weighted by Crippen LogP contribution is 2.70. The van der Waals surface area contributed by atoms with E-state index in [2.05, 4.69) is 5.32 Å². The number of Topliss-reactive ketones (excluding diaryl/α,β-unsaturated/α-hetero) is 1. The molecule has 4 rings (SSSR count). The molecule has 0 aromatic carbocycles. The van der Waals surface area contributed by atoms with Crippen LogP contribution >= 0.6 is 0 Å². The molecule has 2 N–H and O–H groups in total. The van der Waals surface area contributed by atoms with Crippen LogP contribution in [-0.2, 0) is 19.1 Å². The molecule has 2 heterocycles. The lowest BCUT2D eigenvalue weighted by atomic mass is 9.77. The van der Waals surface area contributed by atoms with Crippen LogP contribution in [0.2, 0.25) is 6.82 Å². The van der Waals surface area contributed by atoms with Gasteiger partial charge in [0.15, 0.2) is 11.3 Å². The van der Waals surface area contributed by atoms with Gasteiger partial charge in [0.25, 0.3) is 0 Å². The van der Waals surface area contributed by atoms with Crippen LogP contribution in [0.1, 0.15) is 13.3 Å². The zero-order chi connectivity index (χ0) is 16.7. The molecule has 8 heteroatoms. The highest BCUT2D eigenvalue weighted by atomic mass is 16.5. The standard InChI is InChI=1S/C15H17BN2O5/c1-14(13(21)23-3)12(20)10-11(17-14)8(19)4-9-15(10)5-7(15)6-18(9)16(2)22/h4,7,17,22H,5-6H2,1-3H3/t7-,14-,15?/m1/s1. The van der Waals surface area contributed by atoms with Crippen LogP contribution < -0.4 is 5.32 Å². The third-order valence-corrected chi connectivity index (χ3v) is 5.60. The Kier molecular flexibility index (Phi) is 2.56. The maximum Gasteiger partial charge on any atom is 0.409 e. The van der Waals surface area contributed by atoms with E-state index in [4.69, 9.17) is 4.74 Å². The molecule has 120 valence electrons. The third-order valence-electron chi connectivity index (χ3n) is 5.60. The van der Waals surface area contributed by atoms with Gasteiger partial charge in [-0.1, -0.05) is 0 Å². The molecule has 2 aliphatic carbocycles. The quantitative estimate of drug-likeness (QED) is 0.393.